The van der Waals surface area contributed by atoms with E-state index in [1.165, 1.54) is 12.1 Å². The van der Waals surface area contributed by atoms with Gasteiger partial charge in [0, 0.05) is 0 Å². The summed E-state index contributed by atoms with van der Waals surface area (Å²) >= 11 is 11.2. The summed E-state index contributed by atoms with van der Waals surface area (Å²) in [7, 11) is 0. The number of benzene rings is 1. The number of carbonyl (C=O) groups excluding carboxylic acids is 1. The van der Waals surface area contributed by atoms with E-state index in [0.717, 1.165) is 0 Å². The number of rotatable bonds is 2. The third kappa shape index (κ3) is 3.27. The molecular weight excluding hydrogens is 243 g/mol. The van der Waals surface area contributed by atoms with Crippen LogP contribution in [0.25, 0.3) is 0 Å². The first kappa shape index (κ1) is 14.0. The van der Waals surface area contributed by atoms with Crippen LogP contribution in [-0.4, -0.2) is 23.2 Å². The predicted molar refractivity (Wildman–Crippen MR) is 57.7 cm³/mol. The number of aromatic hydroxyl groups is 1. The minimum Gasteiger partial charge on any atom is -0.505 e. The van der Waals surface area contributed by atoms with Gasteiger partial charge in [-0.3, -0.25) is 0 Å². The molecule has 84 valence electrons. The van der Waals surface area contributed by atoms with E-state index in [-0.39, 0.29) is 33.4 Å². The Morgan fingerprint density at radius 3 is 2.27 bits per heavy atom. The Labute approximate surface area is 96.7 Å². The van der Waals surface area contributed by atoms with E-state index in [1.54, 1.807) is 6.92 Å². The molecule has 0 aliphatic rings. The van der Waals surface area contributed by atoms with Crippen molar-refractivity contribution in [2.45, 2.75) is 6.92 Å². The molecule has 0 heterocycles. The first-order valence-corrected chi connectivity index (χ1v) is 4.67. The quantitative estimate of drug-likeness (QED) is 0.819. The van der Waals surface area contributed by atoms with Crippen molar-refractivity contribution in [3.63, 3.8) is 0 Å². The molecule has 0 saturated carbocycles. The molecule has 0 unspecified atom stereocenters. The highest BCUT2D eigenvalue weighted by Gasteiger charge is 2.12. The zero-order chi connectivity index (χ0) is 10.7. The van der Waals surface area contributed by atoms with E-state index < -0.39 is 5.97 Å². The monoisotopic (exact) mass is 252 g/mol. The summed E-state index contributed by atoms with van der Waals surface area (Å²) in [6.07, 6.45) is 0. The number of phenols is 1. The smallest absolute Gasteiger partial charge is 0.338 e. The third-order valence-corrected chi connectivity index (χ3v) is 2.10. The van der Waals surface area contributed by atoms with Crippen LogP contribution in [0.1, 0.15) is 17.3 Å². The van der Waals surface area contributed by atoms with Gasteiger partial charge in [0.1, 0.15) is 0 Å². The molecule has 1 rings (SSSR count). The van der Waals surface area contributed by atoms with E-state index in [0.29, 0.717) is 0 Å². The first-order chi connectivity index (χ1) is 6.56. The lowest BCUT2D eigenvalue weighted by Crippen LogP contribution is -2.04. The second-order valence-electron chi connectivity index (χ2n) is 2.51. The molecule has 0 atom stereocenters. The number of carbonyl (C=O) groups is 1. The second-order valence-corrected chi connectivity index (χ2v) is 3.32. The molecular formula is C9H10Cl2O4. The van der Waals surface area contributed by atoms with Crippen molar-refractivity contribution in [3.05, 3.63) is 27.7 Å². The van der Waals surface area contributed by atoms with Crippen LogP contribution in [-0.2, 0) is 4.74 Å². The SMILES string of the molecule is CCOC(=O)c1cc(Cl)c(O)c(Cl)c1.O. The summed E-state index contributed by atoms with van der Waals surface area (Å²) < 4.78 is 4.74. The molecule has 0 fully saturated rings. The fraction of sp³-hybridized carbons (Fsp3) is 0.222. The Morgan fingerprint density at radius 1 is 1.40 bits per heavy atom. The average Bonchev–Trinajstić information content (AvgIpc) is 2.13. The number of halogens is 2. The highest BCUT2D eigenvalue weighted by Crippen LogP contribution is 2.32. The lowest BCUT2D eigenvalue weighted by atomic mass is 10.2. The fourth-order valence-corrected chi connectivity index (χ4v) is 1.38. The lowest BCUT2D eigenvalue weighted by molar-refractivity contribution is 0.0526. The van der Waals surface area contributed by atoms with Gasteiger partial charge >= 0.3 is 5.97 Å². The number of hydrogen-bond acceptors (Lipinski definition) is 3. The van der Waals surface area contributed by atoms with Gasteiger partial charge in [-0.15, -0.1) is 0 Å². The van der Waals surface area contributed by atoms with Crippen LogP contribution in [0, 0.1) is 0 Å². The minimum absolute atomic E-state index is 0. The van der Waals surface area contributed by atoms with Gasteiger partial charge in [0.15, 0.2) is 5.75 Å². The van der Waals surface area contributed by atoms with Crippen LogP contribution in [0.15, 0.2) is 12.1 Å². The molecule has 1 aromatic rings. The van der Waals surface area contributed by atoms with Crippen LogP contribution in [0.5, 0.6) is 5.75 Å². The van der Waals surface area contributed by atoms with Gasteiger partial charge in [-0.05, 0) is 19.1 Å². The number of ether oxygens (including phenoxy) is 1. The number of hydrogen-bond donors (Lipinski definition) is 1. The van der Waals surface area contributed by atoms with Gasteiger partial charge in [-0.25, -0.2) is 4.79 Å². The van der Waals surface area contributed by atoms with E-state index in [2.05, 4.69) is 0 Å². The maximum atomic E-state index is 11.2. The van der Waals surface area contributed by atoms with E-state index in [1.807, 2.05) is 0 Å². The number of phenolic OH excluding ortho intramolecular Hbond substituents is 1. The van der Waals surface area contributed by atoms with Crippen LogP contribution < -0.4 is 0 Å². The van der Waals surface area contributed by atoms with E-state index in [9.17, 15) is 9.90 Å². The van der Waals surface area contributed by atoms with Crippen molar-refractivity contribution in [2.75, 3.05) is 6.61 Å². The summed E-state index contributed by atoms with van der Waals surface area (Å²) in [5, 5.41) is 9.28. The minimum atomic E-state index is -0.517. The standard InChI is InChI=1S/C9H8Cl2O3.H2O/c1-2-14-9(13)5-3-6(10)8(12)7(11)4-5;/h3-4,12H,2H2,1H3;1H2. The summed E-state index contributed by atoms with van der Waals surface area (Å²) in [4.78, 5) is 11.2. The molecule has 0 amide bonds. The maximum Gasteiger partial charge on any atom is 0.338 e. The Kier molecular flexibility index (Phi) is 5.43. The maximum absolute atomic E-state index is 11.2. The molecule has 0 saturated heterocycles. The predicted octanol–water partition coefficient (Wildman–Crippen LogP) is 2.05. The van der Waals surface area contributed by atoms with Crippen molar-refractivity contribution >= 4 is 29.2 Å². The van der Waals surface area contributed by atoms with Crippen LogP contribution in [0.3, 0.4) is 0 Å². The molecule has 0 bridgehead atoms. The van der Waals surface area contributed by atoms with Crippen LogP contribution in [0.2, 0.25) is 10.0 Å². The highest BCUT2D eigenvalue weighted by molar-refractivity contribution is 6.37. The topological polar surface area (TPSA) is 78.0 Å². The van der Waals surface area contributed by atoms with Gasteiger partial charge < -0.3 is 15.3 Å². The Balaban J connectivity index is 0.00000196. The van der Waals surface area contributed by atoms with Crippen molar-refractivity contribution in [1.82, 2.24) is 0 Å². The Hall–Kier alpha value is -0.970. The summed E-state index contributed by atoms with van der Waals surface area (Å²) in [6.45, 7) is 1.97. The van der Waals surface area contributed by atoms with Crippen molar-refractivity contribution in [3.8, 4) is 5.75 Å². The largest absolute Gasteiger partial charge is 0.505 e. The lowest BCUT2D eigenvalue weighted by Gasteiger charge is -2.04. The van der Waals surface area contributed by atoms with Crippen molar-refractivity contribution in [2.24, 2.45) is 0 Å². The molecule has 1 aromatic carbocycles. The first-order valence-electron chi connectivity index (χ1n) is 3.91. The number of esters is 1. The zero-order valence-corrected chi connectivity index (χ0v) is 9.39. The molecule has 3 N–H and O–H groups in total. The van der Waals surface area contributed by atoms with Gasteiger partial charge in [-0.1, -0.05) is 23.2 Å². The van der Waals surface area contributed by atoms with E-state index in [4.69, 9.17) is 27.9 Å². The molecule has 0 spiro atoms. The molecule has 4 nitrogen and oxygen atoms in total. The third-order valence-electron chi connectivity index (χ3n) is 1.53. The van der Waals surface area contributed by atoms with Gasteiger partial charge in [0.05, 0.1) is 22.2 Å². The molecule has 0 aliphatic carbocycles. The fourth-order valence-electron chi connectivity index (χ4n) is 0.898. The molecule has 15 heavy (non-hydrogen) atoms. The van der Waals surface area contributed by atoms with Gasteiger partial charge in [0.2, 0.25) is 0 Å². The summed E-state index contributed by atoms with van der Waals surface area (Å²) in [5.41, 5.74) is 0.222. The highest BCUT2D eigenvalue weighted by atomic mass is 35.5. The molecule has 0 aromatic heterocycles. The Bertz CT molecular complexity index is 342. The molecule has 0 aliphatic heterocycles. The van der Waals surface area contributed by atoms with Crippen LogP contribution in [0.4, 0.5) is 0 Å². The average molecular weight is 253 g/mol. The van der Waals surface area contributed by atoms with Crippen molar-refractivity contribution in [1.29, 1.82) is 0 Å². The molecule has 6 heteroatoms. The summed E-state index contributed by atoms with van der Waals surface area (Å²) in [5.74, 6) is -0.752. The molecule has 0 radical (unpaired) electrons. The zero-order valence-electron chi connectivity index (χ0n) is 7.88. The summed E-state index contributed by atoms with van der Waals surface area (Å²) in [6, 6.07) is 2.61. The van der Waals surface area contributed by atoms with Gasteiger partial charge in [-0.2, -0.15) is 0 Å². The second kappa shape index (κ2) is 5.80. The Morgan fingerprint density at radius 2 is 1.87 bits per heavy atom. The normalized spacial score (nSPS) is 9.27. The van der Waals surface area contributed by atoms with E-state index >= 15 is 0 Å². The van der Waals surface area contributed by atoms with Crippen molar-refractivity contribution < 1.29 is 20.1 Å². The van der Waals surface area contributed by atoms with Gasteiger partial charge in [0.25, 0.3) is 0 Å². The van der Waals surface area contributed by atoms with Crippen LogP contribution >= 0.6 is 23.2 Å².